The summed E-state index contributed by atoms with van der Waals surface area (Å²) in [5.74, 6) is 6.26. The highest BCUT2D eigenvalue weighted by molar-refractivity contribution is 5.07. The van der Waals surface area contributed by atoms with Crippen LogP contribution in [0.15, 0.2) is 0 Å². The van der Waals surface area contributed by atoms with E-state index in [0.29, 0.717) is 11.6 Å². The molecule has 1 N–H and O–H groups in total. The van der Waals surface area contributed by atoms with Crippen LogP contribution in [0.3, 0.4) is 0 Å². The van der Waals surface area contributed by atoms with Gasteiger partial charge >= 0.3 is 0 Å². The Bertz CT molecular complexity index is 254. The Morgan fingerprint density at radius 3 is 2.31 bits per heavy atom. The third-order valence-electron chi connectivity index (χ3n) is 4.09. The monoisotopic (exact) mass is 222 g/mol. The maximum Gasteiger partial charge on any atom is 0.0365 e. The van der Waals surface area contributed by atoms with E-state index in [9.17, 15) is 0 Å². The van der Waals surface area contributed by atoms with Crippen molar-refractivity contribution in [2.75, 3.05) is 21.1 Å². The highest BCUT2D eigenvalue weighted by Crippen LogP contribution is 2.36. The zero-order valence-corrected chi connectivity index (χ0v) is 11.3. The summed E-state index contributed by atoms with van der Waals surface area (Å²) in [6, 6.07) is 0.496. The van der Waals surface area contributed by atoms with Gasteiger partial charge in [-0.3, -0.25) is 0 Å². The van der Waals surface area contributed by atoms with Crippen molar-refractivity contribution in [2.24, 2.45) is 0 Å². The predicted molar refractivity (Wildman–Crippen MR) is 70.4 cm³/mol. The second-order valence-electron chi connectivity index (χ2n) is 5.03. The Morgan fingerprint density at radius 1 is 1.25 bits per heavy atom. The average Bonchev–Trinajstić information content (AvgIpc) is 2.31. The summed E-state index contributed by atoms with van der Waals surface area (Å²) in [6.45, 7) is 1.93. The lowest BCUT2D eigenvalue weighted by atomic mass is 9.74. The lowest BCUT2D eigenvalue weighted by molar-refractivity contribution is 0.0616. The van der Waals surface area contributed by atoms with Gasteiger partial charge in [-0.05, 0) is 40.9 Å². The molecule has 1 aliphatic carbocycles. The van der Waals surface area contributed by atoms with Crippen molar-refractivity contribution in [3.8, 4) is 11.8 Å². The molecule has 1 fully saturated rings. The molecule has 92 valence electrons. The molecular formula is C14H26N2. The van der Waals surface area contributed by atoms with Gasteiger partial charge in [0.1, 0.15) is 0 Å². The minimum atomic E-state index is 0.316. The molecular weight excluding hydrogens is 196 g/mol. The number of hydrogen-bond donors (Lipinski definition) is 1. The molecule has 0 aromatic rings. The number of likely N-dealkylation sites (N-methyl/N-ethyl adjacent to an activating group) is 2. The van der Waals surface area contributed by atoms with Gasteiger partial charge in [-0.25, -0.2) is 0 Å². The fourth-order valence-electron chi connectivity index (χ4n) is 3.04. The van der Waals surface area contributed by atoms with Crippen LogP contribution in [-0.4, -0.2) is 37.6 Å². The molecule has 0 saturated heterocycles. The summed E-state index contributed by atoms with van der Waals surface area (Å²) in [4.78, 5) is 2.42. The SMILES string of the molecule is CC#CCC(NC)C1(N(C)C)CCCCC1. The summed E-state index contributed by atoms with van der Waals surface area (Å²) < 4.78 is 0. The third kappa shape index (κ3) is 2.78. The van der Waals surface area contributed by atoms with Crippen molar-refractivity contribution in [1.82, 2.24) is 10.2 Å². The van der Waals surface area contributed by atoms with E-state index in [1.165, 1.54) is 32.1 Å². The molecule has 0 amide bonds. The summed E-state index contributed by atoms with van der Waals surface area (Å²) >= 11 is 0. The topological polar surface area (TPSA) is 15.3 Å². The lowest BCUT2D eigenvalue weighted by Gasteiger charge is -2.48. The van der Waals surface area contributed by atoms with E-state index < -0.39 is 0 Å². The van der Waals surface area contributed by atoms with Crippen molar-refractivity contribution in [1.29, 1.82) is 0 Å². The average molecular weight is 222 g/mol. The number of hydrogen-bond acceptors (Lipinski definition) is 2. The molecule has 1 unspecified atom stereocenters. The Balaban J connectivity index is 2.82. The molecule has 1 saturated carbocycles. The van der Waals surface area contributed by atoms with Crippen LogP contribution in [0, 0.1) is 11.8 Å². The van der Waals surface area contributed by atoms with Gasteiger partial charge in [0.25, 0.3) is 0 Å². The number of nitrogens with zero attached hydrogens (tertiary/aromatic N) is 1. The van der Waals surface area contributed by atoms with E-state index in [0.717, 1.165) is 6.42 Å². The first-order valence-corrected chi connectivity index (χ1v) is 6.41. The van der Waals surface area contributed by atoms with Crippen LogP contribution < -0.4 is 5.32 Å². The summed E-state index contributed by atoms with van der Waals surface area (Å²) in [7, 11) is 6.51. The maximum absolute atomic E-state index is 3.48. The number of nitrogens with one attached hydrogen (secondary N) is 1. The van der Waals surface area contributed by atoms with Gasteiger partial charge < -0.3 is 10.2 Å². The van der Waals surface area contributed by atoms with Gasteiger partial charge in [0.2, 0.25) is 0 Å². The molecule has 0 bridgehead atoms. The van der Waals surface area contributed by atoms with Crippen LogP contribution in [0.5, 0.6) is 0 Å². The summed E-state index contributed by atoms with van der Waals surface area (Å²) in [5.41, 5.74) is 0.316. The Labute approximate surface area is 101 Å². The van der Waals surface area contributed by atoms with Crippen molar-refractivity contribution >= 4 is 0 Å². The third-order valence-corrected chi connectivity index (χ3v) is 4.09. The van der Waals surface area contributed by atoms with Gasteiger partial charge in [-0.15, -0.1) is 11.8 Å². The molecule has 0 spiro atoms. The molecule has 1 rings (SSSR count). The van der Waals surface area contributed by atoms with Gasteiger partial charge in [-0.2, -0.15) is 0 Å². The normalized spacial score (nSPS) is 21.3. The second-order valence-corrected chi connectivity index (χ2v) is 5.03. The van der Waals surface area contributed by atoms with Crippen molar-refractivity contribution in [2.45, 2.75) is 57.0 Å². The van der Waals surface area contributed by atoms with Crippen molar-refractivity contribution in [3.63, 3.8) is 0 Å². The number of rotatable bonds is 4. The zero-order chi connectivity index (χ0) is 12.0. The first-order valence-electron chi connectivity index (χ1n) is 6.41. The van der Waals surface area contributed by atoms with Gasteiger partial charge in [0.05, 0.1) is 0 Å². The first kappa shape index (κ1) is 13.5. The van der Waals surface area contributed by atoms with E-state index in [-0.39, 0.29) is 0 Å². The molecule has 0 aliphatic heterocycles. The highest BCUT2D eigenvalue weighted by Gasteiger charge is 2.40. The van der Waals surface area contributed by atoms with Gasteiger partial charge in [0.15, 0.2) is 0 Å². The molecule has 0 heterocycles. The quantitative estimate of drug-likeness (QED) is 0.734. The van der Waals surface area contributed by atoms with Crippen molar-refractivity contribution < 1.29 is 0 Å². The Kier molecular flexibility index (Phi) is 5.31. The predicted octanol–water partition coefficient (Wildman–Crippen LogP) is 2.25. The molecule has 2 heteroatoms. The minimum absolute atomic E-state index is 0.316. The van der Waals surface area contributed by atoms with E-state index >= 15 is 0 Å². The molecule has 1 atom stereocenters. The van der Waals surface area contributed by atoms with Gasteiger partial charge in [-0.1, -0.05) is 19.3 Å². The van der Waals surface area contributed by atoms with Crippen LogP contribution in [0.2, 0.25) is 0 Å². The Hall–Kier alpha value is -0.520. The van der Waals surface area contributed by atoms with Crippen LogP contribution in [0.1, 0.15) is 45.4 Å². The van der Waals surface area contributed by atoms with E-state index in [4.69, 9.17) is 0 Å². The van der Waals surface area contributed by atoms with E-state index in [1.807, 2.05) is 6.92 Å². The summed E-state index contributed by atoms with van der Waals surface area (Å²) in [5, 5.41) is 3.48. The Morgan fingerprint density at radius 2 is 1.88 bits per heavy atom. The first-order chi connectivity index (χ1) is 7.67. The maximum atomic E-state index is 3.48. The summed E-state index contributed by atoms with van der Waals surface area (Å²) in [6.07, 6.45) is 7.68. The highest BCUT2D eigenvalue weighted by atomic mass is 15.2. The standard InChI is InChI=1S/C14H26N2/c1-5-6-10-13(15-2)14(16(3)4)11-8-7-9-12-14/h13,15H,7-12H2,1-4H3. The van der Waals surface area contributed by atoms with E-state index in [2.05, 4.69) is 43.2 Å². The second kappa shape index (κ2) is 6.27. The van der Waals surface area contributed by atoms with Crippen molar-refractivity contribution in [3.05, 3.63) is 0 Å². The fraction of sp³-hybridized carbons (Fsp3) is 0.857. The molecule has 0 aromatic heterocycles. The van der Waals surface area contributed by atoms with Crippen LogP contribution in [-0.2, 0) is 0 Å². The fourth-order valence-corrected chi connectivity index (χ4v) is 3.04. The minimum Gasteiger partial charge on any atom is -0.314 e. The lowest BCUT2D eigenvalue weighted by Crippen LogP contribution is -2.59. The van der Waals surface area contributed by atoms with E-state index in [1.54, 1.807) is 0 Å². The molecule has 0 radical (unpaired) electrons. The van der Waals surface area contributed by atoms with Gasteiger partial charge in [0, 0.05) is 18.0 Å². The van der Waals surface area contributed by atoms with Crippen LogP contribution in [0.25, 0.3) is 0 Å². The molecule has 1 aliphatic rings. The molecule has 0 aromatic carbocycles. The zero-order valence-electron chi connectivity index (χ0n) is 11.3. The molecule has 2 nitrogen and oxygen atoms in total. The van der Waals surface area contributed by atoms with Crippen LogP contribution >= 0.6 is 0 Å². The smallest absolute Gasteiger partial charge is 0.0365 e. The largest absolute Gasteiger partial charge is 0.314 e. The molecule has 16 heavy (non-hydrogen) atoms. The van der Waals surface area contributed by atoms with Crippen LogP contribution in [0.4, 0.5) is 0 Å².